The Balaban J connectivity index is 3.46. The van der Waals surface area contributed by atoms with Crippen LogP contribution in [0, 0.1) is 0 Å². The van der Waals surface area contributed by atoms with Gasteiger partial charge in [-0.05, 0) is 76.5 Å². The predicted molar refractivity (Wildman–Crippen MR) is 94.4 cm³/mol. The lowest BCUT2D eigenvalue weighted by Gasteiger charge is -2.22. The first kappa shape index (κ1) is 19.7. The van der Waals surface area contributed by atoms with Crippen molar-refractivity contribution in [3.8, 4) is 0 Å². The summed E-state index contributed by atoms with van der Waals surface area (Å²) >= 11 is 2.10. The number of hydrogen-bond donors (Lipinski definition) is 0. The maximum atomic E-state index is 5.85. The third-order valence-electron chi connectivity index (χ3n) is 3.21. The summed E-state index contributed by atoms with van der Waals surface area (Å²) in [7, 11) is -2.68. The number of thioether (sulfide) groups is 1. The lowest BCUT2D eigenvalue weighted by atomic mass is 10.6. The van der Waals surface area contributed by atoms with Crippen LogP contribution in [0.5, 0.6) is 0 Å². The lowest BCUT2D eigenvalue weighted by Crippen LogP contribution is -2.30. The third kappa shape index (κ3) is 12.2. The molecule has 0 bridgehead atoms. The summed E-state index contributed by atoms with van der Waals surface area (Å²) in [5.41, 5.74) is 0. The first-order chi connectivity index (χ1) is 8.83. The summed E-state index contributed by atoms with van der Waals surface area (Å²) in [6.45, 7) is 15.3. The highest BCUT2D eigenvalue weighted by Gasteiger charge is 2.21. The number of rotatable bonds is 12. The molecule has 0 rings (SSSR count). The molecule has 0 N–H and O–H groups in total. The normalized spacial score (nSPS) is 12.9. The van der Waals surface area contributed by atoms with Crippen molar-refractivity contribution in [1.82, 2.24) is 0 Å². The minimum atomic E-state index is -1.34. The molecule has 0 unspecified atom stereocenters. The van der Waals surface area contributed by atoms with E-state index in [1.807, 2.05) is 0 Å². The van der Waals surface area contributed by atoms with Gasteiger partial charge in [0.05, 0.1) is 0 Å². The molecule has 0 amide bonds. The van der Waals surface area contributed by atoms with Gasteiger partial charge in [0.2, 0.25) is 0 Å². The van der Waals surface area contributed by atoms with Crippen molar-refractivity contribution < 1.29 is 8.85 Å². The quantitative estimate of drug-likeness (QED) is 0.373. The van der Waals surface area contributed by atoms with Crippen LogP contribution in [0.4, 0.5) is 0 Å². The Hall–Kier alpha value is 0.704. The Morgan fingerprint density at radius 1 is 0.737 bits per heavy atom. The van der Waals surface area contributed by atoms with Crippen LogP contribution >= 0.6 is 11.8 Å². The zero-order valence-corrected chi connectivity index (χ0v) is 16.7. The molecule has 0 fully saturated rings. The molecule has 0 aromatic carbocycles. The van der Waals surface area contributed by atoms with Crippen molar-refractivity contribution in [1.29, 1.82) is 0 Å². The van der Waals surface area contributed by atoms with E-state index in [4.69, 9.17) is 8.85 Å². The van der Waals surface area contributed by atoms with Gasteiger partial charge in [-0.3, -0.25) is 0 Å². The monoisotopic (exact) mass is 322 g/mol. The van der Waals surface area contributed by atoms with Crippen LogP contribution < -0.4 is 0 Å². The molecule has 0 aromatic rings. The zero-order valence-electron chi connectivity index (χ0n) is 13.9. The minimum Gasteiger partial charge on any atom is -0.418 e. The minimum absolute atomic E-state index is 0.878. The second kappa shape index (κ2) is 10.4. The molecule has 0 aliphatic rings. The fourth-order valence-electron chi connectivity index (χ4n) is 2.23. The van der Waals surface area contributed by atoms with Gasteiger partial charge in [0.25, 0.3) is 0 Å². The highest BCUT2D eigenvalue weighted by atomic mass is 32.2. The summed E-state index contributed by atoms with van der Waals surface area (Å²) in [6, 6.07) is 2.60. The highest BCUT2D eigenvalue weighted by molar-refractivity contribution is 7.99. The average molecular weight is 323 g/mol. The van der Waals surface area contributed by atoms with Crippen molar-refractivity contribution in [3.05, 3.63) is 0 Å². The third-order valence-corrected chi connectivity index (χ3v) is 9.62. The van der Waals surface area contributed by atoms with Crippen LogP contribution in [-0.4, -0.2) is 41.4 Å². The molecule has 116 valence electrons. The maximum Gasteiger partial charge on any atom is 0.186 e. The van der Waals surface area contributed by atoms with E-state index in [1.165, 1.54) is 36.4 Å². The average Bonchev–Trinajstić information content (AvgIpc) is 2.27. The predicted octanol–water partition coefficient (Wildman–Crippen LogP) is 4.98. The summed E-state index contributed by atoms with van der Waals surface area (Å²) in [5.74, 6) is 2.58. The van der Waals surface area contributed by atoms with Crippen LogP contribution in [0.15, 0.2) is 0 Å². The molecule has 0 atom stereocenters. The standard InChI is InChI=1S/C14H34O2SSi2/c1-7-15-18(3,4)13-9-11-17-12-10-14-19(5,6)16-8-2/h7-14H2,1-6H3. The zero-order chi connectivity index (χ0) is 14.8. The molecule has 5 heteroatoms. The molecule has 0 aromatic heterocycles. The molecular weight excluding hydrogens is 288 g/mol. The highest BCUT2D eigenvalue weighted by Crippen LogP contribution is 2.19. The van der Waals surface area contributed by atoms with Crippen LogP contribution in [0.2, 0.25) is 38.3 Å². The SMILES string of the molecule is CCO[Si](C)(C)CCCSCCC[Si](C)(C)OCC. The Labute approximate surface area is 127 Å². The van der Waals surface area contributed by atoms with Gasteiger partial charge in [0, 0.05) is 13.2 Å². The second-order valence-corrected chi connectivity index (χ2v) is 16.0. The fraction of sp³-hybridized carbons (Fsp3) is 1.00. The van der Waals surface area contributed by atoms with Gasteiger partial charge >= 0.3 is 0 Å². The van der Waals surface area contributed by atoms with Crippen molar-refractivity contribution in [2.75, 3.05) is 24.7 Å². The van der Waals surface area contributed by atoms with E-state index in [1.54, 1.807) is 0 Å². The molecule has 0 radical (unpaired) electrons. The molecule has 0 aliphatic heterocycles. The van der Waals surface area contributed by atoms with E-state index < -0.39 is 16.6 Å². The van der Waals surface area contributed by atoms with Crippen LogP contribution in [-0.2, 0) is 8.85 Å². The molecule has 19 heavy (non-hydrogen) atoms. The van der Waals surface area contributed by atoms with E-state index in [0.29, 0.717) is 0 Å². The smallest absolute Gasteiger partial charge is 0.186 e. The summed E-state index contributed by atoms with van der Waals surface area (Å²) in [5, 5.41) is 0. The van der Waals surface area contributed by atoms with Crippen molar-refractivity contribution in [2.24, 2.45) is 0 Å². The van der Waals surface area contributed by atoms with Gasteiger partial charge in [0.15, 0.2) is 16.6 Å². The Morgan fingerprint density at radius 3 is 1.42 bits per heavy atom. The van der Waals surface area contributed by atoms with E-state index in [0.717, 1.165) is 13.2 Å². The van der Waals surface area contributed by atoms with E-state index in [2.05, 4.69) is 51.8 Å². The van der Waals surface area contributed by atoms with Crippen LogP contribution in [0.1, 0.15) is 26.7 Å². The van der Waals surface area contributed by atoms with Gasteiger partial charge in [-0.15, -0.1) is 0 Å². The molecule has 2 nitrogen and oxygen atoms in total. The van der Waals surface area contributed by atoms with Crippen molar-refractivity contribution in [3.63, 3.8) is 0 Å². The topological polar surface area (TPSA) is 18.5 Å². The van der Waals surface area contributed by atoms with Gasteiger partial charge in [0.1, 0.15) is 0 Å². The number of hydrogen-bond acceptors (Lipinski definition) is 3. The van der Waals surface area contributed by atoms with Crippen molar-refractivity contribution >= 4 is 28.4 Å². The Bertz CT molecular complexity index is 201. The maximum absolute atomic E-state index is 5.85. The van der Waals surface area contributed by atoms with E-state index in [9.17, 15) is 0 Å². The van der Waals surface area contributed by atoms with Gasteiger partial charge < -0.3 is 8.85 Å². The van der Waals surface area contributed by atoms with E-state index >= 15 is 0 Å². The molecule has 0 spiro atoms. The van der Waals surface area contributed by atoms with Crippen molar-refractivity contribution in [2.45, 2.75) is 65.0 Å². The van der Waals surface area contributed by atoms with Gasteiger partial charge in [-0.2, -0.15) is 11.8 Å². The molecule has 0 heterocycles. The summed E-state index contributed by atoms with van der Waals surface area (Å²) < 4.78 is 11.7. The first-order valence-corrected chi connectivity index (χ1v) is 15.1. The lowest BCUT2D eigenvalue weighted by molar-refractivity contribution is 0.328. The van der Waals surface area contributed by atoms with Gasteiger partial charge in [-0.1, -0.05) is 0 Å². The first-order valence-electron chi connectivity index (χ1n) is 7.68. The summed E-state index contributed by atoms with van der Waals surface area (Å²) in [6.07, 6.45) is 2.63. The molecule has 0 saturated carbocycles. The summed E-state index contributed by atoms with van der Waals surface area (Å²) in [4.78, 5) is 0. The van der Waals surface area contributed by atoms with E-state index in [-0.39, 0.29) is 0 Å². The Morgan fingerprint density at radius 2 is 1.11 bits per heavy atom. The van der Waals surface area contributed by atoms with Gasteiger partial charge in [-0.25, -0.2) is 0 Å². The Kier molecular flexibility index (Phi) is 10.8. The largest absolute Gasteiger partial charge is 0.418 e. The second-order valence-electron chi connectivity index (χ2n) is 6.20. The van der Waals surface area contributed by atoms with Crippen LogP contribution in [0.3, 0.4) is 0 Å². The fourth-order valence-corrected chi connectivity index (χ4v) is 7.55. The molecule has 0 saturated heterocycles. The molecule has 0 aliphatic carbocycles. The molecular formula is C14H34O2SSi2. The van der Waals surface area contributed by atoms with Crippen LogP contribution in [0.25, 0.3) is 0 Å².